The maximum atomic E-state index is 12.7. The molecule has 0 radical (unpaired) electrons. The van der Waals surface area contributed by atoms with E-state index in [1.54, 1.807) is 6.92 Å². The number of nitrogen functional groups attached to an aromatic ring is 1. The maximum Gasteiger partial charge on any atom is 0.481 e. The van der Waals surface area contributed by atoms with Gasteiger partial charge < -0.3 is 55.3 Å². The molecule has 9 N–H and O–H groups in total. The van der Waals surface area contributed by atoms with Gasteiger partial charge in [-0.3, -0.25) is 23.4 Å². The molecule has 26 heteroatoms. The van der Waals surface area contributed by atoms with Crippen LogP contribution < -0.4 is 16.0 Å². The number of aliphatic hydroxyl groups excluding tert-OH is 2. The zero-order valence-corrected chi connectivity index (χ0v) is 31.6. The average Bonchev–Trinajstić information content (AvgIpc) is 3.29. The van der Waals surface area contributed by atoms with E-state index < -0.39 is 84.2 Å². The van der Waals surface area contributed by atoms with Crippen LogP contribution in [0, 0.1) is 5.41 Å². The van der Waals surface area contributed by atoms with Crippen molar-refractivity contribution in [1.82, 2.24) is 15.3 Å². The van der Waals surface area contributed by atoms with Gasteiger partial charge in [-0.2, -0.15) is 4.31 Å². The molecule has 51 heavy (non-hydrogen) atoms. The van der Waals surface area contributed by atoms with Crippen LogP contribution in [0.25, 0.3) is 0 Å². The number of ether oxygens (including phenoxy) is 1. The largest absolute Gasteiger partial charge is 0.481 e. The van der Waals surface area contributed by atoms with E-state index >= 15 is 0 Å². The summed E-state index contributed by atoms with van der Waals surface area (Å²) >= 11 is 0. The van der Waals surface area contributed by atoms with Crippen LogP contribution in [0.2, 0.25) is 0 Å². The fourth-order valence-corrected chi connectivity index (χ4v) is 6.96. The molecule has 7 atom stereocenters. The van der Waals surface area contributed by atoms with Crippen molar-refractivity contribution in [1.29, 1.82) is 0 Å². The normalized spacial score (nSPS) is 23.2. The van der Waals surface area contributed by atoms with E-state index in [9.17, 15) is 48.3 Å². The Morgan fingerprint density at radius 3 is 2.31 bits per heavy atom. The molecule has 0 aromatic carbocycles. The molecule has 23 nitrogen and oxygen atoms in total. The van der Waals surface area contributed by atoms with Crippen molar-refractivity contribution in [3.8, 4) is 0 Å². The van der Waals surface area contributed by atoms with Crippen LogP contribution in [0.5, 0.6) is 0 Å². The Morgan fingerprint density at radius 1 is 1.14 bits per heavy atom. The van der Waals surface area contributed by atoms with E-state index in [1.165, 1.54) is 20.9 Å². The van der Waals surface area contributed by atoms with Gasteiger partial charge in [-0.25, -0.2) is 23.7 Å². The summed E-state index contributed by atoms with van der Waals surface area (Å²) in [6.45, 7) is 11.2. The number of phosphoric acid groups is 3. The Hall–Kier alpha value is -2.46. The highest BCUT2D eigenvalue weighted by atomic mass is 31.3. The van der Waals surface area contributed by atoms with Crippen LogP contribution in [0.4, 0.5) is 17.3 Å². The van der Waals surface area contributed by atoms with Crippen LogP contribution in [0.1, 0.15) is 48.0 Å². The van der Waals surface area contributed by atoms with Crippen LogP contribution in [-0.2, 0) is 45.9 Å². The number of anilines is 2. The van der Waals surface area contributed by atoms with Crippen LogP contribution in [0.15, 0.2) is 16.5 Å². The van der Waals surface area contributed by atoms with Gasteiger partial charge in [-0.15, -0.1) is 0 Å². The Bertz CT molecular complexity index is 1550. The van der Waals surface area contributed by atoms with Crippen molar-refractivity contribution in [2.45, 2.75) is 84.2 Å². The average molecular weight is 794 g/mol. The molecule has 1 aromatic rings. The van der Waals surface area contributed by atoms with E-state index in [0.717, 1.165) is 11.2 Å². The first-order valence-electron chi connectivity index (χ1n) is 14.9. The number of aliphatic hydroxyl groups is 2. The summed E-state index contributed by atoms with van der Waals surface area (Å²) in [7, 11) is -15.0. The molecule has 1 aliphatic rings. The lowest BCUT2D eigenvalue weighted by Crippen LogP contribution is -2.46. The number of carbonyl (C=O) groups is 1. The number of amides is 1. The summed E-state index contributed by atoms with van der Waals surface area (Å²) < 4.78 is 61.0. The van der Waals surface area contributed by atoms with Crippen molar-refractivity contribution in [3.05, 3.63) is 6.33 Å². The second-order valence-electron chi connectivity index (χ2n) is 12.9. The van der Waals surface area contributed by atoms with Gasteiger partial charge in [-0.1, -0.05) is 19.0 Å². The molecule has 1 amide bonds. The Kier molecular flexibility index (Phi) is 15.4. The number of carbonyl (C=O) groups excluding carboxylic acids is 1. The fraction of sp³-hybridized carbons (Fsp3) is 0.720. The Morgan fingerprint density at radius 2 is 1.75 bits per heavy atom. The summed E-state index contributed by atoms with van der Waals surface area (Å²) in [5.74, 6) is -0.997. The third kappa shape index (κ3) is 14.1. The first kappa shape index (κ1) is 44.7. The topological polar surface area (TPSA) is 337 Å². The zero-order valence-electron chi connectivity index (χ0n) is 28.9. The number of nitrogens with one attached hydrogen (secondary N) is 1. The minimum atomic E-state index is -5.54. The molecule has 0 aliphatic carbocycles. The number of hydrogen-bond acceptors (Lipinski definition) is 18. The monoisotopic (exact) mass is 793 g/mol. The number of aliphatic imine (C=N–C) groups is 1. The summed E-state index contributed by atoms with van der Waals surface area (Å²) in [6.07, 6.45) is -7.44. The quantitative estimate of drug-likeness (QED) is 0.0543. The molecular weight excluding hydrogens is 747 g/mol. The van der Waals surface area contributed by atoms with Gasteiger partial charge in [0.05, 0.1) is 18.9 Å². The van der Waals surface area contributed by atoms with Crippen molar-refractivity contribution >= 4 is 59.1 Å². The van der Waals surface area contributed by atoms with Crippen molar-refractivity contribution in [2.24, 2.45) is 15.6 Å². The lowest BCUT2D eigenvalue weighted by atomic mass is 9.87. The molecule has 1 aromatic heterocycles. The maximum absolute atomic E-state index is 12.7. The number of aromatic nitrogens is 2. The minimum Gasteiger partial charge on any atom is -0.390 e. The van der Waals surface area contributed by atoms with Crippen LogP contribution in [-0.4, -0.2) is 121 Å². The van der Waals surface area contributed by atoms with E-state index in [4.69, 9.17) is 24.4 Å². The standard InChI is InChI=1S/C25H46N7O16P3/c1-14(31-47-24(2,3)4)9-10-28-22(35)19(34)25(5,6)12-44-51(41,42)48-50(39,40)43-11-15-18(46-49(36,37)38)17(33)23(45-15)32(8)21-16(27-7)20(26)29-13-30-21/h13,15,17-19,23,33-34H,7,9-12H2,1-6,8H3,(H,28,35)(H,39,40)(H,41,42)(H2,26,29,30)(H2,36,37,38)/b31-14+/t15?,17?,18?,19-,23?/m1/s1. The number of oxime groups is 1. The number of hydrogen-bond donors (Lipinski definition) is 8. The molecule has 292 valence electrons. The summed E-state index contributed by atoms with van der Waals surface area (Å²) in [6, 6.07) is 0. The van der Waals surface area contributed by atoms with Crippen LogP contribution >= 0.6 is 23.5 Å². The first-order chi connectivity index (χ1) is 23.2. The van der Waals surface area contributed by atoms with Gasteiger partial charge in [0.2, 0.25) is 5.91 Å². The predicted molar refractivity (Wildman–Crippen MR) is 180 cm³/mol. The van der Waals surface area contributed by atoms with E-state index in [-0.39, 0.29) is 30.3 Å². The predicted octanol–water partition coefficient (Wildman–Crippen LogP) is 0.726. The molecule has 1 fully saturated rings. The Labute approximate surface area is 293 Å². The van der Waals surface area contributed by atoms with Gasteiger partial charge >= 0.3 is 23.5 Å². The molecule has 0 spiro atoms. The lowest BCUT2D eigenvalue weighted by molar-refractivity contribution is -0.136. The molecule has 2 rings (SSSR count). The molecular formula is C25H46N7O16P3. The van der Waals surface area contributed by atoms with E-state index in [0.29, 0.717) is 5.71 Å². The molecule has 1 aliphatic heterocycles. The van der Waals surface area contributed by atoms with Gasteiger partial charge in [0.1, 0.15) is 42.0 Å². The van der Waals surface area contributed by atoms with Crippen LogP contribution in [0.3, 0.4) is 0 Å². The van der Waals surface area contributed by atoms with Gasteiger partial charge in [0.25, 0.3) is 0 Å². The van der Waals surface area contributed by atoms with Gasteiger partial charge in [-0.05, 0) is 34.4 Å². The highest BCUT2D eigenvalue weighted by Crippen LogP contribution is 2.61. The molecule has 0 saturated carbocycles. The summed E-state index contributed by atoms with van der Waals surface area (Å²) in [5.41, 5.74) is 4.26. The smallest absolute Gasteiger partial charge is 0.390 e. The second-order valence-corrected chi connectivity index (χ2v) is 17.1. The third-order valence-corrected chi connectivity index (χ3v) is 9.83. The number of nitrogens with zero attached hydrogens (tertiary/aromatic N) is 5. The first-order valence-corrected chi connectivity index (χ1v) is 19.4. The second kappa shape index (κ2) is 17.6. The van der Waals surface area contributed by atoms with E-state index in [1.807, 2.05) is 20.8 Å². The molecule has 0 bridgehead atoms. The van der Waals surface area contributed by atoms with Crippen molar-refractivity contribution < 1.29 is 75.7 Å². The summed E-state index contributed by atoms with van der Waals surface area (Å²) in [4.78, 5) is 69.6. The number of likely N-dealkylation sites (N-methyl/N-ethyl adjacent to an activating group) is 1. The zero-order chi connectivity index (χ0) is 39.2. The highest BCUT2D eigenvalue weighted by Gasteiger charge is 2.51. The van der Waals surface area contributed by atoms with Gasteiger partial charge in [0.15, 0.2) is 17.9 Å². The van der Waals surface area contributed by atoms with Gasteiger partial charge in [0, 0.05) is 25.4 Å². The third-order valence-electron chi connectivity index (χ3n) is 6.73. The minimum absolute atomic E-state index is 0.0334. The lowest BCUT2D eigenvalue weighted by Gasteiger charge is -2.30. The number of nitrogens with two attached hydrogens (primary N) is 1. The molecule has 2 heterocycles. The number of rotatable bonds is 19. The highest BCUT2D eigenvalue weighted by molar-refractivity contribution is 7.61. The molecule has 1 saturated heterocycles. The fourth-order valence-electron chi connectivity index (χ4n) is 4.13. The molecule has 6 unspecified atom stereocenters. The number of phosphoric ester groups is 3. The van der Waals surface area contributed by atoms with Crippen molar-refractivity contribution in [3.63, 3.8) is 0 Å². The van der Waals surface area contributed by atoms with Crippen molar-refractivity contribution in [2.75, 3.05) is 37.4 Å². The summed E-state index contributed by atoms with van der Waals surface area (Å²) in [5, 5.41) is 27.8. The SMILES string of the molecule is C=Nc1c(N)ncnc1N(C)C1OC(COP(=O)(O)OP(=O)(O)OCC(C)(C)[C@H](O)C(=O)NCC/C(C)=N/OC(C)(C)C)C(OP(=O)(O)O)C1O. The van der Waals surface area contributed by atoms with E-state index in [2.05, 4.69) is 41.0 Å². The Balaban J connectivity index is 2.04.